The fraction of sp³-hybridized carbons (Fsp3) is 0.263. The number of anilines is 1. The van der Waals surface area contributed by atoms with E-state index in [1.807, 2.05) is 6.07 Å². The third-order valence-electron chi connectivity index (χ3n) is 3.94. The van der Waals surface area contributed by atoms with Gasteiger partial charge in [0.25, 0.3) is 0 Å². The van der Waals surface area contributed by atoms with Crippen LogP contribution in [-0.2, 0) is 4.79 Å². The molecule has 0 aliphatic rings. The number of para-hydroxylation sites is 1. The lowest BCUT2D eigenvalue weighted by molar-refractivity contribution is -0.120. The van der Waals surface area contributed by atoms with Crippen molar-refractivity contribution in [2.75, 3.05) is 25.5 Å². The van der Waals surface area contributed by atoms with Crippen LogP contribution in [-0.4, -0.2) is 37.0 Å². The Labute approximate surface area is 156 Å². The molecule has 26 heavy (non-hydrogen) atoms. The quantitative estimate of drug-likeness (QED) is 0.801. The number of hydrogen-bond donors (Lipinski definition) is 1. The van der Waals surface area contributed by atoms with Gasteiger partial charge in [0, 0.05) is 12.2 Å². The van der Waals surface area contributed by atoms with Crippen molar-refractivity contribution in [2.45, 2.75) is 13.0 Å². The van der Waals surface area contributed by atoms with E-state index in [1.165, 1.54) is 12.1 Å². The van der Waals surface area contributed by atoms with E-state index in [0.717, 1.165) is 0 Å². The topological polar surface area (TPSA) is 65.4 Å². The van der Waals surface area contributed by atoms with Crippen LogP contribution in [0.4, 0.5) is 10.1 Å². The molecule has 0 radical (unpaired) electrons. The smallest absolute Gasteiger partial charge is 0.241 e. The summed E-state index contributed by atoms with van der Waals surface area (Å²) >= 11 is 5.96. The molecule has 1 unspecified atom stereocenters. The van der Waals surface area contributed by atoms with E-state index in [-0.39, 0.29) is 23.3 Å². The molecule has 1 N–H and O–H groups in total. The first-order chi connectivity index (χ1) is 12.4. The first-order valence-corrected chi connectivity index (χ1v) is 8.38. The average Bonchev–Trinajstić information content (AvgIpc) is 2.62. The maximum Gasteiger partial charge on any atom is 0.241 e. The molecule has 1 amide bonds. The van der Waals surface area contributed by atoms with Crippen LogP contribution >= 0.6 is 11.6 Å². The predicted molar refractivity (Wildman–Crippen MR) is 98.8 cm³/mol. The molecule has 1 atom stereocenters. The third kappa shape index (κ3) is 5.19. The molecule has 0 bridgehead atoms. The third-order valence-corrected chi connectivity index (χ3v) is 4.25. The van der Waals surface area contributed by atoms with Crippen molar-refractivity contribution in [2.24, 2.45) is 0 Å². The Morgan fingerprint density at radius 1 is 1.38 bits per heavy atom. The minimum Gasteiger partial charge on any atom is -0.489 e. The van der Waals surface area contributed by atoms with Gasteiger partial charge in [0.05, 0.1) is 16.6 Å². The lowest BCUT2D eigenvalue weighted by Gasteiger charge is -2.24. The highest BCUT2D eigenvalue weighted by atomic mass is 35.5. The number of hydrogen-bond acceptors (Lipinski definition) is 4. The SMILES string of the molecule is CC(C(=O)Nc1ccc(C#N)c(Cl)c1)N(C)CCOc1ccccc1F. The van der Waals surface area contributed by atoms with E-state index in [4.69, 9.17) is 21.6 Å². The number of benzene rings is 2. The Morgan fingerprint density at radius 3 is 2.77 bits per heavy atom. The van der Waals surface area contributed by atoms with Crippen molar-refractivity contribution in [3.8, 4) is 11.8 Å². The second kappa shape index (κ2) is 9.18. The molecule has 0 saturated heterocycles. The Bertz CT molecular complexity index is 823. The van der Waals surface area contributed by atoms with Crippen molar-refractivity contribution < 1.29 is 13.9 Å². The van der Waals surface area contributed by atoms with Crippen LogP contribution in [0.2, 0.25) is 5.02 Å². The Morgan fingerprint density at radius 2 is 2.12 bits per heavy atom. The lowest BCUT2D eigenvalue weighted by Crippen LogP contribution is -2.41. The second-order valence-electron chi connectivity index (χ2n) is 5.73. The highest BCUT2D eigenvalue weighted by Crippen LogP contribution is 2.20. The summed E-state index contributed by atoms with van der Waals surface area (Å²) in [7, 11) is 1.78. The fourth-order valence-electron chi connectivity index (χ4n) is 2.19. The molecule has 2 aromatic carbocycles. The van der Waals surface area contributed by atoms with Crippen LogP contribution in [0.1, 0.15) is 12.5 Å². The van der Waals surface area contributed by atoms with Gasteiger partial charge < -0.3 is 10.1 Å². The van der Waals surface area contributed by atoms with E-state index in [2.05, 4.69) is 5.32 Å². The number of amides is 1. The number of nitrogens with zero attached hydrogens (tertiary/aromatic N) is 2. The van der Waals surface area contributed by atoms with E-state index in [9.17, 15) is 9.18 Å². The zero-order chi connectivity index (χ0) is 19.1. The van der Waals surface area contributed by atoms with Gasteiger partial charge in [-0.25, -0.2) is 4.39 Å². The van der Waals surface area contributed by atoms with Crippen LogP contribution in [0.15, 0.2) is 42.5 Å². The largest absolute Gasteiger partial charge is 0.489 e. The van der Waals surface area contributed by atoms with Crippen LogP contribution in [0.5, 0.6) is 5.75 Å². The highest BCUT2D eigenvalue weighted by Gasteiger charge is 2.18. The predicted octanol–water partition coefficient (Wildman–Crippen LogP) is 3.69. The molecule has 0 aliphatic carbocycles. The molecule has 0 aromatic heterocycles. The minimum atomic E-state index is -0.436. The molecule has 0 heterocycles. The van der Waals surface area contributed by atoms with E-state index >= 15 is 0 Å². The number of likely N-dealkylation sites (N-methyl/N-ethyl adjacent to an activating group) is 1. The van der Waals surface area contributed by atoms with Gasteiger partial charge in [-0.2, -0.15) is 5.26 Å². The van der Waals surface area contributed by atoms with Gasteiger partial charge in [-0.1, -0.05) is 23.7 Å². The number of nitrogens with one attached hydrogen (secondary N) is 1. The fourth-order valence-corrected chi connectivity index (χ4v) is 2.41. The van der Waals surface area contributed by atoms with E-state index in [0.29, 0.717) is 17.8 Å². The molecule has 2 rings (SSSR count). The number of carbonyl (C=O) groups is 1. The minimum absolute atomic E-state index is 0.185. The van der Waals surface area contributed by atoms with Crippen molar-refractivity contribution in [3.63, 3.8) is 0 Å². The summed E-state index contributed by atoms with van der Waals surface area (Å²) in [6, 6.07) is 12.4. The number of rotatable bonds is 7. The van der Waals surface area contributed by atoms with Crippen LogP contribution in [0, 0.1) is 17.1 Å². The summed E-state index contributed by atoms with van der Waals surface area (Å²) < 4.78 is 18.9. The van der Waals surface area contributed by atoms with Crippen molar-refractivity contribution in [3.05, 3.63) is 58.9 Å². The zero-order valence-corrected chi connectivity index (χ0v) is 15.3. The average molecular weight is 376 g/mol. The van der Waals surface area contributed by atoms with Gasteiger partial charge in [-0.3, -0.25) is 9.69 Å². The van der Waals surface area contributed by atoms with Gasteiger partial charge in [-0.05, 0) is 44.3 Å². The van der Waals surface area contributed by atoms with Crippen molar-refractivity contribution in [1.29, 1.82) is 5.26 Å². The molecule has 2 aromatic rings. The monoisotopic (exact) mass is 375 g/mol. The summed E-state index contributed by atoms with van der Waals surface area (Å²) in [4.78, 5) is 14.1. The van der Waals surface area contributed by atoms with Gasteiger partial charge in [0.2, 0.25) is 5.91 Å². The van der Waals surface area contributed by atoms with Crippen LogP contribution in [0.3, 0.4) is 0 Å². The molecule has 136 valence electrons. The number of halogens is 2. The highest BCUT2D eigenvalue weighted by molar-refractivity contribution is 6.32. The molecule has 0 aliphatic heterocycles. The first kappa shape index (κ1) is 19.7. The van der Waals surface area contributed by atoms with Crippen molar-refractivity contribution >= 4 is 23.2 Å². The molecule has 0 fully saturated rings. The van der Waals surface area contributed by atoms with Crippen LogP contribution < -0.4 is 10.1 Å². The summed E-state index contributed by atoms with van der Waals surface area (Å²) in [6.45, 7) is 2.44. The molecular formula is C19H19ClFN3O2. The second-order valence-corrected chi connectivity index (χ2v) is 6.14. The van der Waals surface area contributed by atoms with Gasteiger partial charge in [0.1, 0.15) is 12.7 Å². The summed E-state index contributed by atoms with van der Waals surface area (Å²) in [5.74, 6) is -0.456. The number of nitriles is 1. The number of ether oxygens (including phenoxy) is 1. The molecule has 0 spiro atoms. The van der Waals surface area contributed by atoms with Crippen LogP contribution in [0.25, 0.3) is 0 Å². The first-order valence-electron chi connectivity index (χ1n) is 8.00. The van der Waals surface area contributed by atoms with Crippen molar-refractivity contribution in [1.82, 2.24) is 4.90 Å². The summed E-state index contributed by atoms with van der Waals surface area (Å²) in [6.07, 6.45) is 0. The Kier molecular flexibility index (Phi) is 6.96. The molecule has 0 saturated carbocycles. The molecule has 7 heteroatoms. The number of carbonyl (C=O) groups excluding carboxylic acids is 1. The maximum absolute atomic E-state index is 13.5. The molecular weight excluding hydrogens is 357 g/mol. The maximum atomic E-state index is 13.5. The van der Waals surface area contributed by atoms with E-state index < -0.39 is 11.9 Å². The molecule has 5 nitrogen and oxygen atoms in total. The van der Waals surface area contributed by atoms with E-state index in [1.54, 1.807) is 49.2 Å². The zero-order valence-electron chi connectivity index (χ0n) is 14.5. The standard InChI is InChI=1S/C19H19ClFN3O2/c1-13(19(25)23-15-8-7-14(12-22)16(20)11-15)24(2)9-10-26-18-6-4-3-5-17(18)21/h3-8,11,13H,9-10H2,1-2H3,(H,23,25). The normalized spacial score (nSPS) is 11.7. The summed E-state index contributed by atoms with van der Waals surface area (Å²) in [5.41, 5.74) is 0.863. The Hall–Kier alpha value is -2.62. The van der Waals surface area contributed by atoms with Gasteiger partial charge in [0.15, 0.2) is 11.6 Å². The summed E-state index contributed by atoms with van der Waals surface area (Å²) in [5, 5.41) is 11.9. The Balaban J connectivity index is 1.86. The van der Waals surface area contributed by atoms with Gasteiger partial charge in [-0.15, -0.1) is 0 Å². The lowest BCUT2D eigenvalue weighted by atomic mass is 10.2. The van der Waals surface area contributed by atoms with Gasteiger partial charge >= 0.3 is 0 Å².